The predicted octanol–water partition coefficient (Wildman–Crippen LogP) is 4.75. The van der Waals surface area contributed by atoms with Crippen molar-refractivity contribution in [2.45, 2.75) is 6.54 Å². The molecule has 25 heavy (non-hydrogen) atoms. The Balaban J connectivity index is 1.77. The van der Waals surface area contributed by atoms with Crippen molar-refractivity contribution in [2.75, 3.05) is 19.0 Å². The van der Waals surface area contributed by atoms with Crippen LogP contribution in [-0.2, 0) is 11.3 Å². The summed E-state index contributed by atoms with van der Waals surface area (Å²) in [7, 11) is 3.95. The molecule has 0 atom stereocenters. The van der Waals surface area contributed by atoms with E-state index in [0.29, 0.717) is 4.91 Å². The first-order valence-electron chi connectivity index (χ1n) is 7.71. The van der Waals surface area contributed by atoms with Gasteiger partial charge < -0.3 is 4.90 Å². The lowest BCUT2D eigenvalue weighted by atomic mass is 10.1. The third kappa shape index (κ3) is 4.14. The van der Waals surface area contributed by atoms with Gasteiger partial charge in [-0.3, -0.25) is 14.5 Å². The van der Waals surface area contributed by atoms with Crippen LogP contribution in [0.1, 0.15) is 11.1 Å². The Labute approximate surface area is 159 Å². The van der Waals surface area contributed by atoms with Gasteiger partial charge in [-0.1, -0.05) is 40.2 Å². The van der Waals surface area contributed by atoms with Crippen molar-refractivity contribution in [3.05, 3.63) is 69.0 Å². The van der Waals surface area contributed by atoms with E-state index in [-0.39, 0.29) is 17.7 Å². The first kappa shape index (κ1) is 17.8. The van der Waals surface area contributed by atoms with E-state index >= 15 is 0 Å². The molecule has 128 valence electrons. The molecule has 3 rings (SSSR count). The van der Waals surface area contributed by atoms with Gasteiger partial charge in [0.25, 0.3) is 11.1 Å². The van der Waals surface area contributed by atoms with Crippen LogP contribution in [0.4, 0.5) is 10.5 Å². The smallest absolute Gasteiger partial charge is 0.293 e. The van der Waals surface area contributed by atoms with Crippen molar-refractivity contribution < 1.29 is 9.59 Å². The minimum atomic E-state index is -0.241. The van der Waals surface area contributed by atoms with Crippen LogP contribution in [0.2, 0.25) is 0 Å². The highest BCUT2D eigenvalue weighted by atomic mass is 79.9. The summed E-state index contributed by atoms with van der Waals surface area (Å²) in [6.45, 7) is 0.287. The van der Waals surface area contributed by atoms with Gasteiger partial charge in [-0.05, 0) is 53.2 Å². The van der Waals surface area contributed by atoms with E-state index in [0.717, 1.165) is 33.0 Å². The molecule has 0 saturated carbocycles. The lowest BCUT2D eigenvalue weighted by molar-refractivity contribution is -0.123. The second-order valence-corrected chi connectivity index (χ2v) is 7.79. The summed E-state index contributed by atoms with van der Waals surface area (Å²) in [6.07, 6.45) is 1.77. The standard InChI is InChI=1S/C19H17BrN2O2S/c1-21(2)16-9-5-13(6-10-16)11-17-18(23)22(19(24)25-17)12-14-3-7-15(20)8-4-14/h3-11H,12H2,1-2H3. The second kappa shape index (κ2) is 7.45. The quantitative estimate of drug-likeness (QED) is 0.674. The predicted molar refractivity (Wildman–Crippen MR) is 106 cm³/mol. The molecule has 0 radical (unpaired) electrons. The zero-order valence-corrected chi connectivity index (χ0v) is 16.3. The minimum Gasteiger partial charge on any atom is -0.378 e. The monoisotopic (exact) mass is 416 g/mol. The number of hydrogen-bond acceptors (Lipinski definition) is 4. The molecule has 6 heteroatoms. The minimum absolute atomic E-state index is 0.232. The number of anilines is 1. The topological polar surface area (TPSA) is 40.6 Å². The fraction of sp³-hybridized carbons (Fsp3) is 0.158. The van der Waals surface area contributed by atoms with Crippen LogP contribution >= 0.6 is 27.7 Å². The number of thioether (sulfide) groups is 1. The Hall–Kier alpha value is -2.05. The molecule has 4 nitrogen and oxygen atoms in total. The Morgan fingerprint density at radius 1 is 1.04 bits per heavy atom. The lowest BCUT2D eigenvalue weighted by Gasteiger charge is -2.12. The molecular formula is C19H17BrN2O2S. The van der Waals surface area contributed by atoms with Crippen molar-refractivity contribution in [1.29, 1.82) is 0 Å². The van der Waals surface area contributed by atoms with Crippen LogP contribution in [0.25, 0.3) is 6.08 Å². The van der Waals surface area contributed by atoms with Crippen molar-refractivity contribution in [1.82, 2.24) is 4.90 Å². The number of carbonyl (C=O) groups is 2. The Bertz CT molecular complexity index is 830. The molecule has 1 saturated heterocycles. The molecule has 1 heterocycles. The molecule has 2 aromatic carbocycles. The summed E-state index contributed by atoms with van der Waals surface area (Å²) in [5.74, 6) is -0.241. The second-order valence-electron chi connectivity index (χ2n) is 5.88. The average Bonchev–Trinajstić information content (AvgIpc) is 2.85. The summed E-state index contributed by atoms with van der Waals surface area (Å²) in [4.78, 5) is 28.5. The van der Waals surface area contributed by atoms with Crippen molar-refractivity contribution >= 4 is 50.6 Å². The van der Waals surface area contributed by atoms with Gasteiger partial charge >= 0.3 is 0 Å². The van der Waals surface area contributed by atoms with E-state index < -0.39 is 0 Å². The SMILES string of the molecule is CN(C)c1ccc(C=C2SC(=O)N(Cc3ccc(Br)cc3)C2=O)cc1. The fourth-order valence-electron chi connectivity index (χ4n) is 2.43. The van der Waals surface area contributed by atoms with E-state index in [2.05, 4.69) is 15.9 Å². The van der Waals surface area contributed by atoms with Crippen LogP contribution < -0.4 is 4.90 Å². The normalized spacial score (nSPS) is 16.0. The van der Waals surface area contributed by atoms with E-state index in [9.17, 15) is 9.59 Å². The van der Waals surface area contributed by atoms with Crippen LogP contribution in [0.3, 0.4) is 0 Å². The molecule has 2 amide bonds. The van der Waals surface area contributed by atoms with Crippen LogP contribution in [-0.4, -0.2) is 30.1 Å². The Morgan fingerprint density at radius 2 is 1.68 bits per heavy atom. The fourth-order valence-corrected chi connectivity index (χ4v) is 3.53. The number of hydrogen-bond donors (Lipinski definition) is 0. The highest BCUT2D eigenvalue weighted by molar-refractivity contribution is 9.10. The van der Waals surface area contributed by atoms with Crippen molar-refractivity contribution in [2.24, 2.45) is 0 Å². The maximum Gasteiger partial charge on any atom is 0.293 e. The third-order valence-electron chi connectivity index (χ3n) is 3.83. The maximum atomic E-state index is 12.6. The van der Waals surface area contributed by atoms with E-state index in [1.807, 2.05) is 67.5 Å². The van der Waals surface area contributed by atoms with Gasteiger partial charge in [0.15, 0.2) is 0 Å². The first-order chi connectivity index (χ1) is 11.9. The molecule has 1 aliphatic heterocycles. The Morgan fingerprint density at radius 3 is 2.28 bits per heavy atom. The molecule has 1 aliphatic rings. The Kier molecular flexibility index (Phi) is 5.30. The molecule has 0 aromatic heterocycles. The maximum absolute atomic E-state index is 12.6. The number of carbonyl (C=O) groups excluding carboxylic acids is 2. The molecule has 0 N–H and O–H groups in total. The number of nitrogens with zero attached hydrogens (tertiary/aromatic N) is 2. The van der Waals surface area contributed by atoms with E-state index in [1.165, 1.54) is 4.90 Å². The molecule has 0 aliphatic carbocycles. The highest BCUT2D eigenvalue weighted by Crippen LogP contribution is 2.33. The molecule has 0 spiro atoms. The van der Waals surface area contributed by atoms with Gasteiger partial charge in [0.05, 0.1) is 11.4 Å². The average molecular weight is 417 g/mol. The van der Waals surface area contributed by atoms with Gasteiger partial charge in [0.1, 0.15) is 0 Å². The van der Waals surface area contributed by atoms with Gasteiger partial charge in [0, 0.05) is 24.3 Å². The van der Waals surface area contributed by atoms with E-state index in [1.54, 1.807) is 6.08 Å². The first-order valence-corrected chi connectivity index (χ1v) is 9.32. The summed E-state index contributed by atoms with van der Waals surface area (Å²) < 4.78 is 0.964. The molecule has 1 fully saturated rings. The van der Waals surface area contributed by atoms with Crippen LogP contribution in [0.5, 0.6) is 0 Å². The number of imide groups is 1. The number of rotatable bonds is 4. The zero-order chi connectivity index (χ0) is 18.0. The highest BCUT2D eigenvalue weighted by Gasteiger charge is 2.34. The number of amides is 2. The van der Waals surface area contributed by atoms with Gasteiger partial charge in [-0.2, -0.15) is 0 Å². The molecule has 0 bridgehead atoms. The third-order valence-corrected chi connectivity index (χ3v) is 5.27. The molecule has 0 unspecified atom stereocenters. The zero-order valence-electron chi connectivity index (χ0n) is 13.9. The van der Waals surface area contributed by atoms with Gasteiger partial charge in [-0.25, -0.2) is 0 Å². The summed E-state index contributed by atoms with van der Waals surface area (Å²) in [5.41, 5.74) is 2.90. The summed E-state index contributed by atoms with van der Waals surface area (Å²) in [6, 6.07) is 15.5. The van der Waals surface area contributed by atoms with Crippen molar-refractivity contribution in [3.63, 3.8) is 0 Å². The lowest BCUT2D eigenvalue weighted by Crippen LogP contribution is -2.27. The van der Waals surface area contributed by atoms with Crippen molar-refractivity contribution in [3.8, 4) is 0 Å². The number of benzene rings is 2. The number of halogens is 1. The molecule has 2 aromatic rings. The van der Waals surface area contributed by atoms with Gasteiger partial charge in [-0.15, -0.1) is 0 Å². The van der Waals surface area contributed by atoms with Crippen LogP contribution in [0.15, 0.2) is 57.9 Å². The van der Waals surface area contributed by atoms with Crippen LogP contribution in [0, 0.1) is 0 Å². The summed E-state index contributed by atoms with van der Waals surface area (Å²) >= 11 is 4.37. The summed E-state index contributed by atoms with van der Waals surface area (Å²) in [5, 5.41) is -0.232. The largest absolute Gasteiger partial charge is 0.378 e. The van der Waals surface area contributed by atoms with E-state index in [4.69, 9.17) is 0 Å². The molecular weight excluding hydrogens is 400 g/mol. The van der Waals surface area contributed by atoms with Gasteiger partial charge in [0.2, 0.25) is 0 Å².